The summed E-state index contributed by atoms with van der Waals surface area (Å²) in [5.74, 6) is -0.257. The number of hydrogen-bond acceptors (Lipinski definition) is 5. The predicted molar refractivity (Wildman–Crippen MR) is 90.6 cm³/mol. The molecule has 0 saturated carbocycles. The molecule has 2 aliphatic heterocycles. The summed E-state index contributed by atoms with van der Waals surface area (Å²) in [4.78, 5) is 16.7. The number of piperazine rings is 1. The SMILES string of the molecule is CC1CCCC(C)N1/C=C(/C#N)C(=O)NCCN1CCNCC1. The number of likely N-dealkylation sites (tertiary alicyclic amines) is 1. The van der Waals surface area contributed by atoms with Gasteiger partial charge in [-0.25, -0.2) is 0 Å². The molecular formula is C17H29N5O. The van der Waals surface area contributed by atoms with Crippen LogP contribution in [0.5, 0.6) is 0 Å². The average Bonchev–Trinajstić information content (AvgIpc) is 2.55. The highest BCUT2D eigenvalue weighted by molar-refractivity contribution is 5.97. The molecule has 6 nitrogen and oxygen atoms in total. The van der Waals surface area contributed by atoms with Crippen LogP contribution >= 0.6 is 0 Å². The Kier molecular flexibility index (Phi) is 6.87. The number of nitriles is 1. The molecule has 0 aliphatic carbocycles. The Labute approximate surface area is 139 Å². The number of rotatable bonds is 5. The summed E-state index contributed by atoms with van der Waals surface area (Å²) >= 11 is 0. The Morgan fingerprint density at radius 3 is 2.57 bits per heavy atom. The molecule has 2 rings (SSSR count). The van der Waals surface area contributed by atoms with Crippen LogP contribution in [0.25, 0.3) is 0 Å². The lowest BCUT2D eigenvalue weighted by molar-refractivity contribution is -0.117. The van der Waals surface area contributed by atoms with E-state index in [2.05, 4.69) is 40.4 Å². The number of carbonyl (C=O) groups is 1. The van der Waals surface area contributed by atoms with Crippen LogP contribution in [0.15, 0.2) is 11.8 Å². The molecule has 2 fully saturated rings. The van der Waals surface area contributed by atoms with Gasteiger partial charge >= 0.3 is 0 Å². The number of piperidine rings is 1. The largest absolute Gasteiger partial charge is 0.371 e. The van der Waals surface area contributed by atoms with Gasteiger partial charge in [0.1, 0.15) is 11.6 Å². The van der Waals surface area contributed by atoms with Crippen LogP contribution in [0.2, 0.25) is 0 Å². The number of nitrogens with zero attached hydrogens (tertiary/aromatic N) is 3. The molecule has 2 atom stereocenters. The highest BCUT2D eigenvalue weighted by Gasteiger charge is 2.23. The lowest BCUT2D eigenvalue weighted by Gasteiger charge is -2.38. The number of amides is 1. The fourth-order valence-electron chi connectivity index (χ4n) is 3.34. The van der Waals surface area contributed by atoms with Crippen molar-refractivity contribution in [3.8, 4) is 6.07 Å². The van der Waals surface area contributed by atoms with E-state index in [0.717, 1.165) is 45.6 Å². The first-order valence-electron chi connectivity index (χ1n) is 8.72. The molecule has 2 heterocycles. The van der Waals surface area contributed by atoms with E-state index in [1.807, 2.05) is 0 Å². The van der Waals surface area contributed by atoms with Gasteiger partial charge in [0.05, 0.1) is 0 Å². The Balaban J connectivity index is 1.85. The molecule has 2 unspecified atom stereocenters. The second-order valence-electron chi connectivity index (χ2n) is 6.58. The van der Waals surface area contributed by atoms with E-state index < -0.39 is 0 Å². The summed E-state index contributed by atoms with van der Waals surface area (Å²) < 4.78 is 0. The number of carbonyl (C=O) groups excluding carboxylic acids is 1. The van der Waals surface area contributed by atoms with Gasteiger partial charge in [-0.05, 0) is 33.1 Å². The second-order valence-corrected chi connectivity index (χ2v) is 6.58. The normalized spacial score (nSPS) is 26.7. The van der Waals surface area contributed by atoms with Crippen molar-refractivity contribution in [2.75, 3.05) is 39.3 Å². The fourth-order valence-corrected chi connectivity index (χ4v) is 3.34. The Morgan fingerprint density at radius 1 is 1.30 bits per heavy atom. The van der Waals surface area contributed by atoms with Crippen molar-refractivity contribution in [1.29, 1.82) is 5.26 Å². The van der Waals surface area contributed by atoms with Gasteiger partial charge in [-0.1, -0.05) is 0 Å². The standard InChI is InChI=1S/C17H29N5O/c1-14-4-3-5-15(2)22(14)13-16(12-18)17(23)20-8-11-21-9-6-19-7-10-21/h13-15,19H,3-11H2,1-2H3,(H,20,23)/b16-13-. The Hall–Kier alpha value is -1.58. The minimum Gasteiger partial charge on any atom is -0.371 e. The number of hydrogen-bond donors (Lipinski definition) is 2. The molecule has 2 saturated heterocycles. The summed E-state index contributed by atoms with van der Waals surface area (Å²) in [6.07, 6.45) is 5.20. The lowest BCUT2D eigenvalue weighted by atomic mass is 9.98. The van der Waals surface area contributed by atoms with Gasteiger partial charge in [0, 0.05) is 57.6 Å². The van der Waals surface area contributed by atoms with Crippen LogP contribution in [-0.4, -0.2) is 67.1 Å². The van der Waals surface area contributed by atoms with E-state index in [4.69, 9.17) is 0 Å². The summed E-state index contributed by atoms with van der Waals surface area (Å²) in [5, 5.41) is 15.5. The fraction of sp³-hybridized carbons (Fsp3) is 0.765. The zero-order valence-electron chi connectivity index (χ0n) is 14.3. The van der Waals surface area contributed by atoms with E-state index in [9.17, 15) is 10.1 Å². The molecule has 128 valence electrons. The summed E-state index contributed by atoms with van der Waals surface area (Å²) in [7, 11) is 0. The first-order chi connectivity index (χ1) is 11.1. The molecule has 0 bridgehead atoms. The minimum atomic E-state index is -0.257. The van der Waals surface area contributed by atoms with Crippen molar-refractivity contribution in [3.63, 3.8) is 0 Å². The number of nitrogens with one attached hydrogen (secondary N) is 2. The smallest absolute Gasteiger partial charge is 0.263 e. The predicted octanol–water partition coefficient (Wildman–Crippen LogP) is 0.678. The van der Waals surface area contributed by atoms with Gasteiger partial charge in [0.2, 0.25) is 0 Å². The van der Waals surface area contributed by atoms with Crippen LogP contribution in [-0.2, 0) is 4.79 Å². The van der Waals surface area contributed by atoms with E-state index in [1.54, 1.807) is 6.20 Å². The van der Waals surface area contributed by atoms with E-state index >= 15 is 0 Å². The molecule has 2 N–H and O–H groups in total. The van der Waals surface area contributed by atoms with Crippen molar-refractivity contribution in [2.45, 2.75) is 45.2 Å². The first-order valence-corrected chi connectivity index (χ1v) is 8.72. The Morgan fingerprint density at radius 2 is 1.96 bits per heavy atom. The maximum Gasteiger partial charge on any atom is 0.263 e. The van der Waals surface area contributed by atoms with Gasteiger partial charge in [-0.2, -0.15) is 5.26 Å². The third-order valence-electron chi connectivity index (χ3n) is 4.83. The second kappa shape index (κ2) is 8.90. The molecule has 1 amide bonds. The van der Waals surface area contributed by atoms with Gasteiger partial charge in [0.15, 0.2) is 0 Å². The van der Waals surface area contributed by atoms with E-state index in [1.165, 1.54) is 6.42 Å². The first kappa shape index (κ1) is 17.8. The zero-order valence-corrected chi connectivity index (χ0v) is 14.3. The summed E-state index contributed by atoms with van der Waals surface area (Å²) in [6, 6.07) is 2.83. The molecule has 0 spiro atoms. The van der Waals surface area contributed by atoms with Crippen molar-refractivity contribution in [3.05, 3.63) is 11.8 Å². The van der Waals surface area contributed by atoms with E-state index in [0.29, 0.717) is 18.6 Å². The van der Waals surface area contributed by atoms with Gasteiger partial charge in [-0.15, -0.1) is 0 Å². The van der Waals surface area contributed by atoms with Crippen molar-refractivity contribution in [2.24, 2.45) is 0 Å². The summed E-state index contributed by atoms with van der Waals surface area (Å²) in [5.41, 5.74) is 0.214. The summed E-state index contributed by atoms with van der Waals surface area (Å²) in [6.45, 7) is 9.77. The quantitative estimate of drug-likeness (QED) is 0.576. The molecule has 0 aromatic heterocycles. The molecule has 0 radical (unpaired) electrons. The molecule has 0 aromatic carbocycles. The molecular weight excluding hydrogens is 290 g/mol. The maximum atomic E-state index is 12.2. The van der Waals surface area contributed by atoms with Crippen molar-refractivity contribution >= 4 is 5.91 Å². The zero-order chi connectivity index (χ0) is 16.7. The molecule has 6 heteroatoms. The van der Waals surface area contributed by atoms with Crippen LogP contribution in [0.4, 0.5) is 0 Å². The molecule has 2 aliphatic rings. The lowest BCUT2D eigenvalue weighted by Crippen LogP contribution is -2.46. The van der Waals surface area contributed by atoms with Crippen LogP contribution in [0.1, 0.15) is 33.1 Å². The van der Waals surface area contributed by atoms with Gasteiger partial charge < -0.3 is 15.5 Å². The molecule has 23 heavy (non-hydrogen) atoms. The highest BCUT2D eigenvalue weighted by atomic mass is 16.1. The van der Waals surface area contributed by atoms with Gasteiger partial charge in [0.25, 0.3) is 5.91 Å². The van der Waals surface area contributed by atoms with Crippen LogP contribution in [0.3, 0.4) is 0 Å². The minimum absolute atomic E-state index is 0.214. The van der Waals surface area contributed by atoms with Crippen LogP contribution < -0.4 is 10.6 Å². The third-order valence-corrected chi connectivity index (χ3v) is 4.83. The molecule has 0 aromatic rings. The van der Waals surface area contributed by atoms with Crippen LogP contribution in [0, 0.1) is 11.3 Å². The average molecular weight is 319 g/mol. The van der Waals surface area contributed by atoms with Gasteiger partial charge in [-0.3, -0.25) is 9.69 Å². The Bertz CT molecular complexity index is 454. The van der Waals surface area contributed by atoms with Crippen molar-refractivity contribution < 1.29 is 4.79 Å². The topological polar surface area (TPSA) is 71.4 Å². The third kappa shape index (κ3) is 5.22. The highest BCUT2D eigenvalue weighted by Crippen LogP contribution is 2.23. The van der Waals surface area contributed by atoms with Crippen molar-refractivity contribution in [1.82, 2.24) is 20.4 Å². The monoisotopic (exact) mass is 319 g/mol. The van der Waals surface area contributed by atoms with E-state index in [-0.39, 0.29) is 11.5 Å². The maximum absolute atomic E-state index is 12.2.